The van der Waals surface area contributed by atoms with Gasteiger partial charge in [0.15, 0.2) is 5.75 Å². The maximum Gasteiger partial charge on any atom is 0.310 e. The van der Waals surface area contributed by atoms with Crippen molar-refractivity contribution in [3.05, 3.63) is 33.9 Å². The van der Waals surface area contributed by atoms with Gasteiger partial charge in [-0.3, -0.25) is 14.9 Å². The van der Waals surface area contributed by atoms with E-state index in [2.05, 4.69) is 0 Å². The number of phenolic OH excluding ortho intramolecular Hbond substituents is 1. The molecule has 1 aliphatic rings. The van der Waals surface area contributed by atoms with Crippen LogP contribution in [0.3, 0.4) is 0 Å². The molecule has 0 saturated carbocycles. The van der Waals surface area contributed by atoms with Crippen LogP contribution in [-0.2, 0) is 0 Å². The lowest BCUT2D eigenvalue weighted by Crippen LogP contribution is -2.48. The Labute approximate surface area is 116 Å². The number of aromatic hydroxyl groups is 1. The maximum atomic E-state index is 12.3. The van der Waals surface area contributed by atoms with Crippen molar-refractivity contribution in [2.24, 2.45) is 11.7 Å². The lowest BCUT2D eigenvalue weighted by atomic mass is 9.94. The molecule has 1 saturated heterocycles. The Hall–Kier alpha value is -2.15. The number of hydrogen-bond donors (Lipinski definition) is 2. The molecule has 0 aliphatic carbocycles. The number of hydrogen-bond acceptors (Lipinski definition) is 5. The molecule has 7 nitrogen and oxygen atoms in total. The van der Waals surface area contributed by atoms with Crippen molar-refractivity contribution in [3.8, 4) is 5.75 Å². The van der Waals surface area contributed by atoms with Crippen LogP contribution < -0.4 is 5.73 Å². The monoisotopic (exact) mass is 279 g/mol. The fraction of sp³-hybridized carbons (Fsp3) is 0.462. The summed E-state index contributed by atoms with van der Waals surface area (Å²) in [5.41, 5.74) is 5.74. The number of rotatable bonds is 2. The molecule has 1 aromatic carbocycles. The highest BCUT2D eigenvalue weighted by molar-refractivity contribution is 5.95. The zero-order valence-electron chi connectivity index (χ0n) is 11.2. The largest absolute Gasteiger partial charge is 0.502 e. The second-order valence-electron chi connectivity index (χ2n) is 5.14. The number of nitrogens with two attached hydrogens (primary N) is 1. The molecular formula is C13H17N3O4. The van der Waals surface area contributed by atoms with E-state index in [0.29, 0.717) is 13.1 Å². The maximum absolute atomic E-state index is 12.3. The Kier molecular flexibility index (Phi) is 3.89. The molecule has 1 fully saturated rings. The average Bonchev–Trinajstić information content (AvgIpc) is 2.40. The molecule has 7 heteroatoms. The molecule has 108 valence electrons. The minimum atomic E-state index is -0.689. The Bertz CT molecular complexity index is 546. The second kappa shape index (κ2) is 5.46. The Balaban J connectivity index is 2.17. The normalized spacial score (nSPS) is 22.6. The van der Waals surface area contributed by atoms with Crippen LogP contribution in [0.2, 0.25) is 0 Å². The lowest BCUT2D eigenvalue weighted by molar-refractivity contribution is -0.385. The Morgan fingerprint density at radius 3 is 2.80 bits per heavy atom. The van der Waals surface area contributed by atoms with Gasteiger partial charge in [0, 0.05) is 30.8 Å². The zero-order valence-corrected chi connectivity index (χ0v) is 11.2. The van der Waals surface area contributed by atoms with Gasteiger partial charge in [0.25, 0.3) is 5.91 Å². The quantitative estimate of drug-likeness (QED) is 0.622. The van der Waals surface area contributed by atoms with Crippen molar-refractivity contribution in [1.82, 2.24) is 4.90 Å². The highest BCUT2D eigenvalue weighted by atomic mass is 16.6. The third-order valence-electron chi connectivity index (χ3n) is 3.68. The van der Waals surface area contributed by atoms with Crippen molar-refractivity contribution < 1.29 is 14.8 Å². The van der Waals surface area contributed by atoms with Crippen LogP contribution in [0.4, 0.5) is 5.69 Å². The third-order valence-corrected chi connectivity index (χ3v) is 3.68. The molecular weight excluding hydrogens is 262 g/mol. The molecule has 0 bridgehead atoms. The molecule has 1 aromatic rings. The summed E-state index contributed by atoms with van der Waals surface area (Å²) < 4.78 is 0. The molecule has 1 amide bonds. The number of carbonyl (C=O) groups excluding carboxylic acids is 1. The van der Waals surface area contributed by atoms with Gasteiger partial charge in [0.05, 0.1) is 4.92 Å². The predicted octanol–water partition coefficient (Wildman–Crippen LogP) is 1.11. The first-order valence-electron chi connectivity index (χ1n) is 6.42. The van der Waals surface area contributed by atoms with Crippen molar-refractivity contribution >= 4 is 11.6 Å². The van der Waals surface area contributed by atoms with E-state index in [1.165, 1.54) is 6.07 Å². The number of nitrogens with zero attached hydrogens (tertiary/aromatic N) is 2. The van der Waals surface area contributed by atoms with Crippen LogP contribution in [0.1, 0.15) is 23.7 Å². The fourth-order valence-electron chi connectivity index (χ4n) is 2.34. The van der Waals surface area contributed by atoms with E-state index in [0.717, 1.165) is 18.6 Å². The zero-order chi connectivity index (χ0) is 14.9. The number of amides is 1. The fourth-order valence-corrected chi connectivity index (χ4v) is 2.34. The molecule has 0 aromatic heterocycles. The van der Waals surface area contributed by atoms with Crippen LogP contribution in [-0.4, -0.2) is 40.0 Å². The van der Waals surface area contributed by atoms with Gasteiger partial charge >= 0.3 is 5.69 Å². The van der Waals surface area contributed by atoms with E-state index in [-0.39, 0.29) is 23.4 Å². The van der Waals surface area contributed by atoms with Gasteiger partial charge in [-0.15, -0.1) is 0 Å². The van der Waals surface area contributed by atoms with Crippen molar-refractivity contribution in [2.45, 2.75) is 19.4 Å². The molecule has 1 heterocycles. The molecule has 2 atom stereocenters. The van der Waals surface area contributed by atoms with Crippen molar-refractivity contribution in [3.63, 3.8) is 0 Å². The van der Waals surface area contributed by atoms with Crippen molar-refractivity contribution in [1.29, 1.82) is 0 Å². The lowest BCUT2D eigenvalue weighted by Gasteiger charge is -2.35. The van der Waals surface area contributed by atoms with Gasteiger partial charge < -0.3 is 15.7 Å². The highest BCUT2D eigenvalue weighted by Crippen LogP contribution is 2.27. The summed E-state index contributed by atoms with van der Waals surface area (Å²) in [6.45, 7) is 3.09. The first-order chi connectivity index (χ1) is 9.40. The van der Waals surface area contributed by atoms with E-state index in [9.17, 15) is 20.0 Å². The van der Waals surface area contributed by atoms with Crippen LogP contribution in [0.5, 0.6) is 5.75 Å². The molecule has 1 aliphatic heterocycles. The number of likely N-dealkylation sites (tertiary alicyclic amines) is 1. The van der Waals surface area contributed by atoms with E-state index in [1.807, 2.05) is 6.92 Å². The standard InChI is InChI=1S/C13H17N3O4/c1-8-7-15(5-4-10(8)14)13(18)9-2-3-11(16(19)20)12(17)6-9/h2-3,6,8,10,17H,4-5,7,14H2,1H3. The SMILES string of the molecule is CC1CN(C(=O)c2ccc([N+](=O)[O-])c(O)c2)CCC1N. The van der Waals surface area contributed by atoms with Gasteiger partial charge in [-0.1, -0.05) is 6.92 Å². The first-order valence-corrected chi connectivity index (χ1v) is 6.42. The number of piperidine rings is 1. The van der Waals surface area contributed by atoms with E-state index < -0.39 is 16.4 Å². The van der Waals surface area contributed by atoms with Crippen LogP contribution in [0, 0.1) is 16.0 Å². The van der Waals surface area contributed by atoms with Crippen LogP contribution in [0.25, 0.3) is 0 Å². The van der Waals surface area contributed by atoms with Gasteiger partial charge in [0.1, 0.15) is 0 Å². The molecule has 0 radical (unpaired) electrons. The van der Waals surface area contributed by atoms with Crippen molar-refractivity contribution in [2.75, 3.05) is 13.1 Å². The summed E-state index contributed by atoms with van der Waals surface area (Å²) in [6, 6.07) is 3.73. The number of phenols is 1. The first kappa shape index (κ1) is 14.3. The average molecular weight is 279 g/mol. The number of nitro benzene ring substituents is 1. The van der Waals surface area contributed by atoms with Gasteiger partial charge in [-0.05, 0) is 24.5 Å². The summed E-state index contributed by atoms with van der Waals surface area (Å²) in [5.74, 6) is -0.532. The van der Waals surface area contributed by atoms with E-state index in [4.69, 9.17) is 5.73 Å². The molecule has 20 heavy (non-hydrogen) atoms. The molecule has 2 unspecified atom stereocenters. The number of benzene rings is 1. The number of nitro groups is 1. The van der Waals surface area contributed by atoms with Crippen LogP contribution in [0.15, 0.2) is 18.2 Å². The number of carbonyl (C=O) groups is 1. The second-order valence-corrected chi connectivity index (χ2v) is 5.14. The Morgan fingerprint density at radius 1 is 1.55 bits per heavy atom. The predicted molar refractivity (Wildman–Crippen MR) is 72.4 cm³/mol. The minimum Gasteiger partial charge on any atom is -0.502 e. The van der Waals surface area contributed by atoms with E-state index >= 15 is 0 Å². The summed E-state index contributed by atoms with van der Waals surface area (Å²) in [6.07, 6.45) is 0.728. The minimum absolute atomic E-state index is 0.0873. The van der Waals surface area contributed by atoms with Gasteiger partial charge in [0.2, 0.25) is 0 Å². The molecule has 2 rings (SSSR count). The third kappa shape index (κ3) is 2.72. The van der Waals surface area contributed by atoms with Gasteiger partial charge in [-0.25, -0.2) is 0 Å². The summed E-state index contributed by atoms with van der Waals surface area (Å²) in [7, 11) is 0. The summed E-state index contributed by atoms with van der Waals surface area (Å²) in [5, 5.41) is 20.2. The summed E-state index contributed by atoms with van der Waals surface area (Å²) in [4.78, 5) is 23.9. The smallest absolute Gasteiger partial charge is 0.310 e. The molecule has 3 N–H and O–H groups in total. The highest BCUT2D eigenvalue weighted by Gasteiger charge is 2.27. The summed E-state index contributed by atoms with van der Waals surface area (Å²) >= 11 is 0. The van der Waals surface area contributed by atoms with Crippen LogP contribution >= 0.6 is 0 Å². The van der Waals surface area contributed by atoms with Gasteiger partial charge in [-0.2, -0.15) is 0 Å². The van der Waals surface area contributed by atoms with E-state index in [1.54, 1.807) is 4.90 Å². The Morgan fingerprint density at radius 2 is 2.25 bits per heavy atom. The molecule has 0 spiro atoms. The topological polar surface area (TPSA) is 110 Å².